The standard InChI is InChI=1S/C20H18ClN3O2/c1-2-26-19-10-9-16(21)13-15(19)14-22-23-20(25)17-7-3-4-8-18(17)24-11-5-6-12-24/h3-14H,2H2,1H3,(H,23,25)/b22-14-. The summed E-state index contributed by atoms with van der Waals surface area (Å²) in [4.78, 5) is 12.5. The first-order valence-corrected chi connectivity index (χ1v) is 8.55. The highest BCUT2D eigenvalue weighted by molar-refractivity contribution is 6.30. The second-order valence-corrected chi connectivity index (χ2v) is 5.86. The molecule has 3 aromatic rings. The molecule has 6 heteroatoms. The second kappa shape index (κ2) is 8.36. The van der Waals surface area contributed by atoms with E-state index >= 15 is 0 Å². The number of hydrogen-bond acceptors (Lipinski definition) is 3. The Balaban J connectivity index is 1.78. The van der Waals surface area contributed by atoms with Crippen LogP contribution in [-0.4, -0.2) is 23.3 Å². The molecular formula is C20H18ClN3O2. The monoisotopic (exact) mass is 367 g/mol. The van der Waals surface area contributed by atoms with Crippen LogP contribution in [0.3, 0.4) is 0 Å². The third-order valence-corrected chi connectivity index (χ3v) is 3.91. The summed E-state index contributed by atoms with van der Waals surface area (Å²) < 4.78 is 7.41. The molecule has 0 bridgehead atoms. The van der Waals surface area contributed by atoms with Gasteiger partial charge >= 0.3 is 0 Å². The van der Waals surface area contributed by atoms with E-state index in [2.05, 4.69) is 10.5 Å². The summed E-state index contributed by atoms with van der Waals surface area (Å²) >= 11 is 6.02. The number of nitrogens with one attached hydrogen (secondary N) is 1. The van der Waals surface area contributed by atoms with Gasteiger partial charge in [-0.15, -0.1) is 0 Å². The van der Waals surface area contributed by atoms with E-state index in [4.69, 9.17) is 16.3 Å². The normalized spacial score (nSPS) is 10.8. The van der Waals surface area contributed by atoms with E-state index < -0.39 is 0 Å². The van der Waals surface area contributed by atoms with Crippen LogP contribution in [0.25, 0.3) is 5.69 Å². The number of benzene rings is 2. The number of rotatable bonds is 6. The number of amides is 1. The smallest absolute Gasteiger partial charge is 0.273 e. The van der Waals surface area contributed by atoms with Crippen molar-refractivity contribution >= 4 is 23.7 Å². The van der Waals surface area contributed by atoms with Gasteiger partial charge in [0, 0.05) is 23.0 Å². The summed E-state index contributed by atoms with van der Waals surface area (Å²) in [6.07, 6.45) is 5.29. The lowest BCUT2D eigenvalue weighted by molar-refractivity contribution is 0.0955. The van der Waals surface area contributed by atoms with Crippen LogP contribution in [0.15, 0.2) is 72.1 Å². The third kappa shape index (κ3) is 4.13. The fourth-order valence-electron chi connectivity index (χ4n) is 2.51. The lowest BCUT2D eigenvalue weighted by atomic mass is 10.1. The first-order valence-electron chi connectivity index (χ1n) is 8.17. The molecule has 0 atom stereocenters. The highest BCUT2D eigenvalue weighted by Crippen LogP contribution is 2.21. The fraction of sp³-hybridized carbons (Fsp3) is 0.100. The van der Waals surface area contributed by atoms with E-state index in [0.29, 0.717) is 28.5 Å². The van der Waals surface area contributed by atoms with E-state index in [1.54, 1.807) is 24.3 Å². The number of aromatic nitrogens is 1. The van der Waals surface area contributed by atoms with Crippen LogP contribution < -0.4 is 10.2 Å². The molecule has 1 amide bonds. The van der Waals surface area contributed by atoms with E-state index in [9.17, 15) is 4.79 Å². The first-order chi connectivity index (χ1) is 12.7. The Labute approximate surface area is 156 Å². The molecule has 3 rings (SSSR count). The molecule has 0 fully saturated rings. The van der Waals surface area contributed by atoms with Crippen LogP contribution >= 0.6 is 11.6 Å². The quantitative estimate of drug-likeness (QED) is 0.522. The Morgan fingerprint density at radius 3 is 2.73 bits per heavy atom. The van der Waals surface area contributed by atoms with Gasteiger partial charge in [0.2, 0.25) is 0 Å². The number of ether oxygens (including phenoxy) is 1. The molecule has 0 spiro atoms. The van der Waals surface area contributed by atoms with Crippen LogP contribution in [-0.2, 0) is 0 Å². The predicted molar refractivity (Wildman–Crippen MR) is 103 cm³/mol. The van der Waals surface area contributed by atoms with Gasteiger partial charge in [-0.1, -0.05) is 23.7 Å². The molecule has 2 aromatic carbocycles. The third-order valence-electron chi connectivity index (χ3n) is 3.67. The molecule has 1 aromatic heterocycles. The van der Waals surface area contributed by atoms with Crippen molar-refractivity contribution in [2.45, 2.75) is 6.92 Å². The van der Waals surface area contributed by atoms with Crippen LogP contribution in [0, 0.1) is 0 Å². The molecule has 0 aliphatic heterocycles. The lowest BCUT2D eigenvalue weighted by Crippen LogP contribution is -2.19. The van der Waals surface area contributed by atoms with Gasteiger partial charge in [-0.2, -0.15) is 5.10 Å². The number of para-hydroxylation sites is 1. The van der Waals surface area contributed by atoms with Crippen molar-refractivity contribution in [3.8, 4) is 11.4 Å². The molecule has 0 unspecified atom stereocenters. The minimum absolute atomic E-state index is 0.300. The lowest BCUT2D eigenvalue weighted by Gasteiger charge is -2.09. The molecule has 132 valence electrons. The Hall–Kier alpha value is -3.05. The zero-order chi connectivity index (χ0) is 18.4. The Bertz CT molecular complexity index is 921. The number of carbonyl (C=O) groups is 1. The van der Waals surface area contributed by atoms with E-state index in [-0.39, 0.29) is 5.91 Å². The van der Waals surface area contributed by atoms with Crippen molar-refractivity contribution in [1.82, 2.24) is 9.99 Å². The molecular weight excluding hydrogens is 350 g/mol. The number of halogens is 1. The molecule has 0 saturated carbocycles. The van der Waals surface area contributed by atoms with Gasteiger partial charge in [0.05, 0.1) is 24.1 Å². The van der Waals surface area contributed by atoms with Crippen molar-refractivity contribution in [1.29, 1.82) is 0 Å². The maximum atomic E-state index is 12.5. The first kappa shape index (κ1) is 17.8. The Kier molecular flexibility index (Phi) is 5.71. The van der Waals surface area contributed by atoms with Gasteiger partial charge in [0.15, 0.2) is 0 Å². The molecule has 0 radical (unpaired) electrons. The fourth-order valence-corrected chi connectivity index (χ4v) is 2.69. The SMILES string of the molecule is CCOc1ccc(Cl)cc1/C=N\NC(=O)c1ccccc1-n1cccc1. The van der Waals surface area contributed by atoms with Crippen molar-refractivity contribution in [3.05, 3.63) is 83.1 Å². The summed E-state index contributed by atoms with van der Waals surface area (Å²) in [7, 11) is 0. The number of hydrazone groups is 1. The minimum Gasteiger partial charge on any atom is -0.493 e. The van der Waals surface area contributed by atoms with Crippen molar-refractivity contribution in [3.63, 3.8) is 0 Å². The molecule has 5 nitrogen and oxygen atoms in total. The summed E-state index contributed by atoms with van der Waals surface area (Å²) in [5, 5.41) is 4.62. The Morgan fingerprint density at radius 2 is 1.96 bits per heavy atom. The van der Waals surface area contributed by atoms with Gasteiger partial charge in [0.25, 0.3) is 5.91 Å². The van der Waals surface area contributed by atoms with Gasteiger partial charge in [-0.25, -0.2) is 5.43 Å². The highest BCUT2D eigenvalue weighted by atomic mass is 35.5. The number of hydrogen-bond donors (Lipinski definition) is 1. The average molecular weight is 368 g/mol. The predicted octanol–water partition coefficient (Wildman–Crippen LogP) is 4.29. The zero-order valence-electron chi connectivity index (χ0n) is 14.2. The van der Waals surface area contributed by atoms with Gasteiger partial charge < -0.3 is 9.30 Å². The van der Waals surface area contributed by atoms with Crippen molar-refractivity contribution < 1.29 is 9.53 Å². The van der Waals surface area contributed by atoms with Gasteiger partial charge in [0.1, 0.15) is 5.75 Å². The maximum Gasteiger partial charge on any atom is 0.273 e. The molecule has 26 heavy (non-hydrogen) atoms. The number of carbonyl (C=O) groups excluding carboxylic acids is 1. The Morgan fingerprint density at radius 1 is 1.19 bits per heavy atom. The van der Waals surface area contributed by atoms with E-state index in [1.165, 1.54) is 6.21 Å². The van der Waals surface area contributed by atoms with Crippen molar-refractivity contribution in [2.75, 3.05) is 6.61 Å². The van der Waals surface area contributed by atoms with Crippen molar-refractivity contribution in [2.24, 2.45) is 5.10 Å². The average Bonchev–Trinajstić information content (AvgIpc) is 3.18. The molecule has 0 saturated heterocycles. The zero-order valence-corrected chi connectivity index (χ0v) is 15.0. The minimum atomic E-state index is -0.300. The van der Waals surface area contributed by atoms with Crippen LogP contribution in [0.4, 0.5) is 0 Å². The summed E-state index contributed by atoms with van der Waals surface area (Å²) in [6, 6.07) is 16.4. The van der Waals surface area contributed by atoms with E-state index in [1.807, 2.05) is 54.2 Å². The summed E-state index contributed by atoms with van der Waals surface area (Å²) in [5.74, 6) is 0.355. The highest BCUT2D eigenvalue weighted by Gasteiger charge is 2.11. The number of nitrogens with zero attached hydrogens (tertiary/aromatic N) is 2. The topological polar surface area (TPSA) is 55.6 Å². The van der Waals surface area contributed by atoms with Gasteiger partial charge in [-0.05, 0) is 49.4 Å². The molecule has 0 aliphatic rings. The molecule has 1 N–H and O–H groups in total. The maximum absolute atomic E-state index is 12.5. The summed E-state index contributed by atoms with van der Waals surface area (Å²) in [6.45, 7) is 2.43. The summed E-state index contributed by atoms with van der Waals surface area (Å²) in [5.41, 5.74) is 4.56. The van der Waals surface area contributed by atoms with Gasteiger partial charge in [-0.3, -0.25) is 4.79 Å². The van der Waals surface area contributed by atoms with Crippen LogP contribution in [0.2, 0.25) is 5.02 Å². The van der Waals surface area contributed by atoms with Crippen LogP contribution in [0.1, 0.15) is 22.8 Å². The van der Waals surface area contributed by atoms with Crippen LogP contribution in [0.5, 0.6) is 5.75 Å². The largest absolute Gasteiger partial charge is 0.493 e. The molecule has 0 aliphatic carbocycles. The second-order valence-electron chi connectivity index (χ2n) is 5.42. The van der Waals surface area contributed by atoms with E-state index in [0.717, 1.165) is 5.69 Å². The molecule has 1 heterocycles.